The number of aromatic nitrogens is 2. The fraction of sp³-hybridized carbons (Fsp3) is 0.333. The lowest BCUT2D eigenvalue weighted by Crippen LogP contribution is -2.16. The zero-order valence-electron chi connectivity index (χ0n) is 6.00. The minimum Gasteiger partial charge on any atom is -0.383 e. The van der Waals surface area contributed by atoms with Gasteiger partial charge in [0.1, 0.15) is 5.82 Å². The first-order valence-corrected chi connectivity index (χ1v) is 3.28. The van der Waals surface area contributed by atoms with E-state index in [2.05, 4.69) is 9.97 Å². The van der Waals surface area contributed by atoms with Crippen LogP contribution in [0.1, 0.15) is 5.69 Å². The van der Waals surface area contributed by atoms with Gasteiger partial charge in [0, 0.05) is 12.1 Å². The average molecular weight is 154 g/mol. The van der Waals surface area contributed by atoms with Crippen molar-refractivity contribution in [2.24, 2.45) is 5.73 Å². The van der Waals surface area contributed by atoms with E-state index in [0.29, 0.717) is 13.0 Å². The molecular weight excluding hydrogens is 144 g/mol. The summed E-state index contributed by atoms with van der Waals surface area (Å²) in [5.74, 6) is 0.234. The molecule has 60 valence electrons. The molecule has 0 aliphatic carbocycles. The van der Waals surface area contributed by atoms with Crippen molar-refractivity contribution in [1.82, 2.24) is 9.97 Å². The minimum absolute atomic E-state index is 0.234. The molecule has 5 heteroatoms. The Morgan fingerprint density at radius 1 is 1.64 bits per heavy atom. The highest BCUT2D eigenvalue weighted by Gasteiger charge is 1.95. The minimum atomic E-state index is -0.423. The van der Waals surface area contributed by atoms with E-state index in [4.69, 9.17) is 11.5 Å². The van der Waals surface area contributed by atoms with Crippen LogP contribution in [0.25, 0.3) is 0 Å². The molecule has 0 aromatic carbocycles. The average Bonchev–Trinajstić information content (AvgIpc) is 1.85. The van der Waals surface area contributed by atoms with E-state index in [1.54, 1.807) is 6.07 Å². The Bertz CT molecular complexity index is 293. The molecule has 0 fully saturated rings. The van der Waals surface area contributed by atoms with Crippen LogP contribution in [0.3, 0.4) is 0 Å². The summed E-state index contributed by atoms with van der Waals surface area (Å²) in [6, 6.07) is 1.61. The SMILES string of the molecule is NCCc1cc(N)nc(=O)[nH]1. The van der Waals surface area contributed by atoms with Gasteiger partial charge < -0.3 is 16.5 Å². The molecule has 0 saturated heterocycles. The Morgan fingerprint density at radius 2 is 2.36 bits per heavy atom. The molecule has 0 saturated carbocycles. The topological polar surface area (TPSA) is 97.8 Å². The maximum absolute atomic E-state index is 10.7. The van der Waals surface area contributed by atoms with Crippen molar-refractivity contribution in [3.05, 3.63) is 22.2 Å². The van der Waals surface area contributed by atoms with Crippen LogP contribution in [0, 0.1) is 0 Å². The Morgan fingerprint density at radius 3 is 2.91 bits per heavy atom. The third-order valence-electron chi connectivity index (χ3n) is 1.23. The van der Waals surface area contributed by atoms with Gasteiger partial charge in [-0.1, -0.05) is 0 Å². The van der Waals surface area contributed by atoms with Crippen LogP contribution in [-0.4, -0.2) is 16.5 Å². The molecule has 11 heavy (non-hydrogen) atoms. The van der Waals surface area contributed by atoms with Crippen LogP contribution in [0.15, 0.2) is 10.9 Å². The molecular formula is C6H10N4O. The molecule has 5 N–H and O–H groups in total. The third-order valence-corrected chi connectivity index (χ3v) is 1.23. The fourth-order valence-corrected chi connectivity index (χ4v) is 0.820. The Kier molecular flexibility index (Phi) is 2.22. The van der Waals surface area contributed by atoms with E-state index in [0.717, 1.165) is 5.69 Å². The molecule has 1 aromatic heterocycles. The van der Waals surface area contributed by atoms with Crippen LogP contribution < -0.4 is 17.2 Å². The van der Waals surface area contributed by atoms with Gasteiger partial charge in [-0.2, -0.15) is 4.98 Å². The van der Waals surface area contributed by atoms with Gasteiger partial charge >= 0.3 is 5.69 Å². The summed E-state index contributed by atoms with van der Waals surface area (Å²) < 4.78 is 0. The molecule has 0 atom stereocenters. The first-order chi connectivity index (χ1) is 5.22. The van der Waals surface area contributed by atoms with Gasteiger partial charge in [-0.15, -0.1) is 0 Å². The summed E-state index contributed by atoms with van der Waals surface area (Å²) >= 11 is 0. The Balaban J connectivity index is 2.99. The number of anilines is 1. The second kappa shape index (κ2) is 3.16. The number of hydrogen-bond acceptors (Lipinski definition) is 4. The van der Waals surface area contributed by atoms with Crippen molar-refractivity contribution in [3.63, 3.8) is 0 Å². The van der Waals surface area contributed by atoms with E-state index < -0.39 is 5.69 Å². The van der Waals surface area contributed by atoms with E-state index in [1.165, 1.54) is 0 Å². The van der Waals surface area contributed by atoms with E-state index >= 15 is 0 Å². The first-order valence-electron chi connectivity index (χ1n) is 3.28. The highest BCUT2D eigenvalue weighted by molar-refractivity contribution is 5.27. The summed E-state index contributed by atoms with van der Waals surface area (Å²) in [7, 11) is 0. The maximum atomic E-state index is 10.7. The second-order valence-electron chi connectivity index (χ2n) is 2.18. The summed E-state index contributed by atoms with van der Waals surface area (Å²) in [6.07, 6.45) is 0.613. The van der Waals surface area contributed by atoms with Gasteiger partial charge in [0.25, 0.3) is 0 Å². The summed E-state index contributed by atoms with van der Waals surface area (Å²) in [4.78, 5) is 16.7. The van der Waals surface area contributed by atoms with Gasteiger partial charge in [-0.25, -0.2) is 4.79 Å². The molecule has 0 spiro atoms. The number of H-pyrrole nitrogens is 1. The summed E-state index contributed by atoms with van der Waals surface area (Å²) in [5, 5.41) is 0. The van der Waals surface area contributed by atoms with Crippen molar-refractivity contribution in [2.45, 2.75) is 6.42 Å². The molecule has 0 amide bonds. The smallest absolute Gasteiger partial charge is 0.347 e. The van der Waals surface area contributed by atoms with Crippen LogP contribution >= 0.6 is 0 Å². The van der Waals surface area contributed by atoms with Crippen molar-refractivity contribution < 1.29 is 0 Å². The van der Waals surface area contributed by atoms with Crippen LogP contribution in [0.5, 0.6) is 0 Å². The molecule has 1 rings (SSSR count). The molecule has 0 radical (unpaired) electrons. The summed E-state index contributed by atoms with van der Waals surface area (Å²) in [5.41, 5.74) is 10.9. The predicted molar refractivity (Wildman–Crippen MR) is 42.0 cm³/mol. The van der Waals surface area contributed by atoms with E-state index in [-0.39, 0.29) is 5.82 Å². The van der Waals surface area contributed by atoms with Crippen molar-refractivity contribution in [3.8, 4) is 0 Å². The maximum Gasteiger partial charge on any atom is 0.347 e. The standard InChI is InChI=1S/C6H10N4O/c7-2-1-4-3-5(8)10-6(11)9-4/h3H,1-2,7H2,(H3,8,9,10,11). The third kappa shape index (κ3) is 2.05. The highest BCUT2D eigenvalue weighted by Crippen LogP contribution is 1.95. The van der Waals surface area contributed by atoms with Gasteiger partial charge in [-0.3, -0.25) is 0 Å². The van der Waals surface area contributed by atoms with Crippen LogP contribution in [0.2, 0.25) is 0 Å². The number of aromatic amines is 1. The quantitative estimate of drug-likeness (QED) is 0.501. The first kappa shape index (κ1) is 7.74. The Labute approximate surface area is 63.4 Å². The van der Waals surface area contributed by atoms with Crippen molar-refractivity contribution >= 4 is 5.82 Å². The van der Waals surface area contributed by atoms with E-state index in [9.17, 15) is 4.79 Å². The van der Waals surface area contributed by atoms with Crippen molar-refractivity contribution in [1.29, 1.82) is 0 Å². The number of rotatable bonds is 2. The zero-order valence-corrected chi connectivity index (χ0v) is 6.00. The zero-order chi connectivity index (χ0) is 8.27. The number of nitrogen functional groups attached to an aromatic ring is 1. The molecule has 0 unspecified atom stereocenters. The Hall–Kier alpha value is -1.36. The number of hydrogen-bond donors (Lipinski definition) is 3. The lowest BCUT2D eigenvalue weighted by Gasteiger charge is -1.97. The predicted octanol–water partition coefficient (Wildman–Crippen LogP) is -1.15. The van der Waals surface area contributed by atoms with Crippen molar-refractivity contribution in [2.75, 3.05) is 12.3 Å². The lowest BCUT2D eigenvalue weighted by molar-refractivity contribution is 0.893. The molecule has 0 bridgehead atoms. The normalized spacial score (nSPS) is 9.91. The fourth-order valence-electron chi connectivity index (χ4n) is 0.820. The molecule has 1 aromatic rings. The van der Waals surface area contributed by atoms with E-state index in [1.807, 2.05) is 0 Å². The molecule has 5 nitrogen and oxygen atoms in total. The second-order valence-corrected chi connectivity index (χ2v) is 2.18. The van der Waals surface area contributed by atoms with Gasteiger partial charge in [0.2, 0.25) is 0 Å². The lowest BCUT2D eigenvalue weighted by atomic mass is 10.3. The van der Waals surface area contributed by atoms with Crippen LogP contribution in [0.4, 0.5) is 5.82 Å². The van der Waals surface area contributed by atoms with Gasteiger partial charge in [-0.05, 0) is 12.6 Å². The highest BCUT2D eigenvalue weighted by atomic mass is 16.1. The van der Waals surface area contributed by atoms with Gasteiger partial charge in [0.05, 0.1) is 0 Å². The molecule has 1 heterocycles. The summed E-state index contributed by atoms with van der Waals surface area (Å²) in [6.45, 7) is 0.486. The number of nitrogens with zero attached hydrogens (tertiary/aromatic N) is 1. The molecule has 0 aliphatic heterocycles. The number of nitrogens with two attached hydrogens (primary N) is 2. The number of nitrogens with one attached hydrogen (secondary N) is 1. The monoisotopic (exact) mass is 154 g/mol. The largest absolute Gasteiger partial charge is 0.383 e. The van der Waals surface area contributed by atoms with Gasteiger partial charge in [0.15, 0.2) is 0 Å². The van der Waals surface area contributed by atoms with Crippen LogP contribution in [-0.2, 0) is 6.42 Å². The molecule has 0 aliphatic rings.